The Balaban J connectivity index is 1.70. The summed E-state index contributed by atoms with van der Waals surface area (Å²) in [5.41, 5.74) is 2.88. The van der Waals surface area contributed by atoms with Crippen molar-refractivity contribution in [2.45, 2.75) is 0 Å². The van der Waals surface area contributed by atoms with E-state index < -0.39 is 5.97 Å². The highest BCUT2D eigenvalue weighted by atomic mass is 35.5. The van der Waals surface area contributed by atoms with Gasteiger partial charge in [0, 0.05) is 15.6 Å². The Morgan fingerprint density at radius 3 is 2.53 bits per heavy atom. The Labute approximate surface area is 209 Å². The second kappa shape index (κ2) is 9.06. The lowest BCUT2D eigenvalue weighted by molar-refractivity contribution is -0.130. The molecule has 0 saturated carbocycles. The fourth-order valence-electron chi connectivity index (χ4n) is 3.64. The molecule has 34 heavy (non-hydrogen) atoms. The van der Waals surface area contributed by atoms with E-state index in [2.05, 4.69) is 5.10 Å². The van der Waals surface area contributed by atoms with Crippen molar-refractivity contribution < 1.29 is 19.4 Å². The van der Waals surface area contributed by atoms with Gasteiger partial charge in [0.2, 0.25) is 6.79 Å². The molecule has 5 rings (SSSR count). The van der Waals surface area contributed by atoms with E-state index in [1.54, 1.807) is 59.3 Å². The first kappa shape index (κ1) is 22.3. The molecule has 0 bridgehead atoms. The number of hydrogen-bond donors (Lipinski definition) is 1. The summed E-state index contributed by atoms with van der Waals surface area (Å²) in [5.74, 6) is 0.136. The molecule has 9 heteroatoms. The number of aliphatic carboxylic acids is 1. The molecular weight excluding hydrogens is 499 g/mol. The van der Waals surface area contributed by atoms with Crippen molar-refractivity contribution in [3.05, 3.63) is 93.1 Å². The summed E-state index contributed by atoms with van der Waals surface area (Å²) < 4.78 is 12.6. The van der Waals surface area contributed by atoms with Gasteiger partial charge in [-0.15, -0.1) is 0 Å². The topological polar surface area (TPSA) is 73.6 Å². The first-order valence-electron chi connectivity index (χ1n) is 10.1. The van der Waals surface area contributed by atoms with Gasteiger partial charge in [-0.1, -0.05) is 46.9 Å². The normalized spacial score (nSPS) is 12.7. The van der Waals surface area contributed by atoms with E-state index in [9.17, 15) is 9.90 Å². The van der Waals surface area contributed by atoms with Crippen molar-refractivity contribution in [2.75, 3.05) is 6.79 Å². The van der Waals surface area contributed by atoms with Gasteiger partial charge in [-0.25, -0.2) is 9.48 Å². The fraction of sp³-hybridized carbons (Fsp3) is 0.0400. The van der Waals surface area contributed by atoms with Crippen LogP contribution >= 0.6 is 34.8 Å². The molecule has 0 saturated heterocycles. The quantitative estimate of drug-likeness (QED) is 0.295. The lowest BCUT2D eigenvalue weighted by Crippen LogP contribution is -2.01. The van der Waals surface area contributed by atoms with Gasteiger partial charge in [-0.3, -0.25) is 0 Å². The summed E-state index contributed by atoms with van der Waals surface area (Å²) in [7, 11) is 0. The molecule has 4 aromatic rings. The Hall–Kier alpha value is -3.45. The molecule has 1 aliphatic heterocycles. The zero-order valence-corrected chi connectivity index (χ0v) is 19.6. The average Bonchev–Trinajstić information content (AvgIpc) is 3.45. The third kappa shape index (κ3) is 4.35. The molecule has 170 valence electrons. The summed E-state index contributed by atoms with van der Waals surface area (Å²) in [6.45, 7) is 0.147. The maximum absolute atomic E-state index is 12.1. The zero-order valence-electron chi connectivity index (χ0n) is 17.3. The van der Waals surface area contributed by atoms with Crippen LogP contribution in [0.1, 0.15) is 11.3 Å². The number of nitrogens with zero attached hydrogens (tertiary/aromatic N) is 2. The van der Waals surface area contributed by atoms with Crippen LogP contribution in [0.4, 0.5) is 0 Å². The van der Waals surface area contributed by atoms with E-state index in [0.29, 0.717) is 49.2 Å². The van der Waals surface area contributed by atoms with Gasteiger partial charge in [0.1, 0.15) is 0 Å². The first-order valence-corrected chi connectivity index (χ1v) is 11.2. The number of fused-ring (bicyclic) bond motifs is 1. The Morgan fingerprint density at radius 2 is 1.74 bits per heavy atom. The van der Waals surface area contributed by atoms with Crippen LogP contribution in [0.3, 0.4) is 0 Å². The molecule has 0 spiro atoms. The van der Waals surface area contributed by atoms with Crippen molar-refractivity contribution in [2.24, 2.45) is 0 Å². The third-order valence-electron chi connectivity index (χ3n) is 5.19. The van der Waals surface area contributed by atoms with E-state index in [1.165, 1.54) is 6.08 Å². The van der Waals surface area contributed by atoms with Gasteiger partial charge in [0.25, 0.3) is 0 Å². The number of aromatic nitrogens is 2. The number of halogens is 3. The maximum Gasteiger partial charge on any atom is 0.336 e. The van der Waals surface area contributed by atoms with Gasteiger partial charge in [-0.05, 0) is 66.2 Å². The van der Waals surface area contributed by atoms with Gasteiger partial charge in [-0.2, -0.15) is 5.10 Å². The second-order valence-corrected chi connectivity index (χ2v) is 8.68. The van der Waals surface area contributed by atoms with Crippen LogP contribution in [-0.4, -0.2) is 27.6 Å². The van der Waals surface area contributed by atoms with E-state index in [1.807, 2.05) is 12.1 Å². The fourth-order valence-corrected chi connectivity index (χ4v) is 4.19. The van der Waals surface area contributed by atoms with E-state index in [0.717, 1.165) is 5.56 Å². The number of carboxylic acids is 1. The Morgan fingerprint density at radius 1 is 0.941 bits per heavy atom. The molecule has 2 heterocycles. The SMILES string of the molecule is O=C(O)C(=Cc1cc(-c2ccc3c(c2)OCO3)n(-c2cc(Cl)ccc2Cl)n1)c1cccc(Cl)c1. The monoisotopic (exact) mass is 512 g/mol. The van der Waals surface area contributed by atoms with Crippen molar-refractivity contribution >= 4 is 52.4 Å². The van der Waals surface area contributed by atoms with Gasteiger partial charge in [0.05, 0.1) is 27.7 Å². The summed E-state index contributed by atoms with van der Waals surface area (Å²) in [5, 5.41) is 15.9. The smallest absolute Gasteiger partial charge is 0.336 e. The van der Waals surface area contributed by atoms with Gasteiger partial charge >= 0.3 is 5.97 Å². The molecule has 1 aliphatic rings. The zero-order chi connectivity index (χ0) is 23.8. The standard InChI is InChI=1S/C25H15Cl3N2O4/c26-16-3-1-2-14(8-16)19(25(31)32)11-18-12-21(15-4-7-23-24(9-15)34-13-33-23)30(29-18)22-10-17(27)5-6-20(22)28/h1-12H,13H2,(H,31,32). The summed E-state index contributed by atoms with van der Waals surface area (Å²) in [6, 6.07) is 18.9. The number of carbonyl (C=O) groups is 1. The van der Waals surface area contributed by atoms with Crippen LogP contribution in [0.5, 0.6) is 11.5 Å². The number of benzene rings is 3. The number of hydrogen-bond acceptors (Lipinski definition) is 4. The maximum atomic E-state index is 12.1. The van der Waals surface area contributed by atoms with Crippen LogP contribution in [0, 0.1) is 0 Å². The van der Waals surface area contributed by atoms with Crippen LogP contribution in [-0.2, 0) is 4.79 Å². The average molecular weight is 514 g/mol. The van der Waals surface area contributed by atoms with Crippen LogP contribution < -0.4 is 9.47 Å². The van der Waals surface area contributed by atoms with E-state index >= 15 is 0 Å². The van der Waals surface area contributed by atoms with Crippen molar-refractivity contribution in [1.29, 1.82) is 0 Å². The number of ether oxygens (including phenoxy) is 2. The number of rotatable bonds is 5. The first-order chi connectivity index (χ1) is 16.4. The molecule has 0 aliphatic carbocycles. The minimum Gasteiger partial charge on any atom is -0.478 e. The highest BCUT2D eigenvalue weighted by Crippen LogP contribution is 2.38. The summed E-state index contributed by atoms with van der Waals surface area (Å²) in [4.78, 5) is 12.1. The molecule has 0 atom stereocenters. The van der Waals surface area contributed by atoms with Crippen LogP contribution in [0.15, 0.2) is 66.7 Å². The highest BCUT2D eigenvalue weighted by molar-refractivity contribution is 6.34. The highest BCUT2D eigenvalue weighted by Gasteiger charge is 2.20. The van der Waals surface area contributed by atoms with Gasteiger partial charge < -0.3 is 14.6 Å². The van der Waals surface area contributed by atoms with E-state index in [-0.39, 0.29) is 12.4 Å². The Bertz CT molecular complexity index is 1460. The number of carboxylic acid groups (broad SMARTS) is 1. The van der Waals surface area contributed by atoms with Crippen molar-refractivity contribution in [1.82, 2.24) is 9.78 Å². The lowest BCUT2D eigenvalue weighted by atomic mass is 10.0. The van der Waals surface area contributed by atoms with Gasteiger partial charge in [0.15, 0.2) is 11.5 Å². The predicted molar refractivity (Wildman–Crippen MR) is 132 cm³/mol. The molecule has 0 radical (unpaired) electrons. The molecule has 0 unspecified atom stereocenters. The second-order valence-electron chi connectivity index (χ2n) is 7.40. The van der Waals surface area contributed by atoms with Crippen molar-refractivity contribution in [3.8, 4) is 28.4 Å². The molecule has 6 nitrogen and oxygen atoms in total. The lowest BCUT2D eigenvalue weighted by Gasteiger charge is -2.10. The largest absolute Gasteiger partial charge is 0.478 e. The minimum absolute atomic E-state index is 0.0431. The van der Waals surface area contributed by atoms with Crippen molar-refractivity contribution in [3.63, 3.8) is 0 Å². The molecule has 3 aromatic carbocycles. The summed E-state index contributed by atoms with van der Waals surface area (Å²) in [6.07, 6.45) is 1.49. The van der Waals surface area contributed by atoms with Crippen LogP contribution in [0.2, 0.25) is 15.1 Å². The molecule has 0 amide bonds. The third-order valence-corrected chi connectivity index (χ3v) is 5.98. The molecule has 0 fully saturated rings. The summed E-state index contributed by atoms with van der Waals surface area (Å²) >= 11 is 18.8. The van der Waals surface area contributed by atoms with Crippen LogP contribution in [0.25, 0.3) is 28.6 Å². The molecular formula is C25H15Cl3N2O4. The molecule has 1 aromatic heterocycles. The Kier molecular flexibility index (Phi) is 5.96. The van der Waals surface area contributed by atoms with E-state index in [4.69, 9.17) is 44.3 Å². The molecule has 1 N–H and O–H groups in total. The predicted octanol–water partition coefficient (Wildman–Crippen LogP) is 6.85. The minimum atomic E-state index is -1.11.